The smallest absolute Gasteiger partial charge is 0.308 e. The number of esters is 1. The first kappa shape index (κ1) is 17.1. The van der Waals surface area contributed by atoms with Crippen LogP contribution < -0.4 is 0 Å². The Balaban J connectivity index is 1.79. The van der Waals surface area contributed by atoms with E-state index in [1.165, 1.54) is 7.11 Å². The Kier molecular flexibility index (Phi) is 6.29. The van der Waals surface area contributed by atoms with Gasteiger partial charge in [-0.15, -0.1) is 0 Å². The number of nitrogens with zero attached hydrogens (tertiary/aromatic N) is 3. The van der Waals surface area contributed by atoms with Crippen LogP contribution in [-0.2, 0) is 9.53 Å². The lowest BCUT2D eigenvalue weighted by molar-refractivity contribution is -0.147. The predicted octanol–water partition coefficient (Wildman–Crippen LogP) is 2.03. The Morgan fingerprint density at radius 3 is 2.87 bits per heavy atom. The van der Waals surface area contributed by atoms with Gasteiger partial charge in [0, 0.05) is 18.3 Å². The first-order valence-electron chi connectivity index (χ1n) is 7.73. The van der Waals surface area contributed by atoms with Crippen LogP contribution in [0.5, 0.6) is 5.75 Å². The molecule has 0 radical (unpaired) electrons. The van der Waals surface area contributed by atoms with E-state index in [1.54, 1.807) is 24.4 Å². The van der Waals surface area contributed by atoms with Gasteiger partial charge in [-0.25, -0.2) is 0 Å². The highest BCUT2D eigenvalue weighted by Crippen LogP contribution is 2.22. The average molecular weight is 317 g/mol. The molecular formula is C17H23N3O3. The quantitative estimate of drug-likeness (QED) is 0.643. The lowest BCUT2D eigenvalue weighted by Gasteiger charge is -2.29. The Morgan fingerprint density at radius 2 is 2.22 bits per heavy atom. The van der Waals surface area contributed by atoms with E-state index in [0.717, 1.165) is 38.0 Å². The average Bonchev–Trinajstić information content (AvgIpc) is 2.58. The van der Waals surface area contributed by atoms with E-state index in [-0.39, 0.29) is 17.6 Å². The van der Waals surface area contributed by atoms with E-state index < -0.39 is 0 Å². The molecule has 0 atom stereocenters. The van der Waals surface area contributed by atoms with Crippen LogP contribution in [-0.4, -0.2) is 62.2 Å². The van der Waals surface area contributed by atoms with Gasteiger partial charge in [0.25, 0.3) is 0 Å². The third kappa shape index (κ3) is 4.89. The fourth-order valence-electron chi connectivity index (χ4n) is 2.71. The predicted molar refractivity (Wildman–Crippen MR) is 91.0 cm³/mol. The monoisotopic (exact) mass is 317 g/mol. The number of aromatic hydroxyl groups is 1. The molecule has 1 aromatic rings. The van der Waals surface area contributed by atoms with Crippen LogP contribution in [0.1, 0.15) is 18.4 Å². The molecule has 1 fully saturated rings. The van der Waals surface area contributed by atoms with Crippen LogP contribution >= 0.6 is 0 Å². The van der Waals surface area contributed by atoms with E-state index in [1.807, 2.05) is 0 Å². The summed E-state index contributed by atoms with van der Waals surface area (Å²) >= 11 is 0. The van der Waals surface area contributed by atoms with E-state index in [2.05, 4.69) is 21.6 Å². The van der Waals surface area contributed by atoms with Gasteiger partial charge in [-0.3, -0.25) is 14.8 Å². The van der Waals surface area contributed by atoms with Crippen LogP contribution in [0, 0.1) is 5.92 Å². The highest BCUT2D eigenvalue weighted by Gasteiger charge is 2.24. The Hall–Kier alpha value is -2.21. The van der Waals surface area contributed by atoms with Crippen LogP contribution in [0.3, 0.4) is 0 Å². The van der Waals surface area contributed by atoms with Crippen LogP contribution in [0.4, 0.5) is 5.69 Å². The number of carbonyl (C=O) groups is 1. The van der Waals surface area contributed by atoms with Crippen molar-refractivity contribution in [3.8, 4) is 5.75 Å². The minimum absolute atomic E-state index is 0.0354. The molecular weight excluding hydrogens is 294 g/mol. The Bertz CT molecular complexity index is 578. The van der Waals surface area contributed by atoms with Crippen molar-refractivity contribution in [1.29, 1.82) is 0 Å². The molecule has 0 aromatic heterocycles. The summed E-state index contributed by atoms with van der Waals surface area (Å²) in [4.78, 5) is 22.1. The molecule has 6 nitrogen and oxygen atoms in total. The van der Waals surface area contributed by atoms with E-state index in [9.17, 15) is 9.90 Å². The topological polar surface area (TPSA) is 74.5 Å². The van der Waals surface area contributed by atoms with Gasteiger partial charge < -0.3 is 14.7 Å². The summed E-state index contributed by atoms with van der Waals surface area (Å²) in [6, 6.07) is 4.91. The van der Waals surface area contributed by atoms with E-state index >= 15 is 0 Å². The van der Waals surface area contributed by atoms with Crippen molar-refractivity contribution in [3.05, 3.63) is 23.8 Å². The molecule has 124 valence electrons. The zero-order chi connectivity index (χ0) is 16.7. The van der Waals surface area contributed by atoms with Gasteiger partial charge in [-0.05, 0) is 50.8 Å². The fourth-order valence-corrected chi connectivity index (χ4v) is 2.71. The molecule has 1 saturated heterocycles. The molecule has 0 amide bonds. The molecule has 1 aromatic carbocycles. The molecule has 0 spiro atoms. The van der Waals surface area contributed by atoms with Gasteiger partial charge in [0.2, 0.25) is 0 Å². The number of benzene rings is 1. The molecule has 6 heteroatoms. The van der Waals surface area contributed by atoms with Crippen molar-refractivity contribution in [2.24, 2.45) is 15.9 Å². The molecule has 23 heavy (non-hydrogen) atoms. The first-order chi connectivity index (χ1) is 11.1. The van der Waals surface area contributed by atoms with Gasteiger partial charge in [0.1, 0.15) is 5.75 Å². The maximum atomic E-state index is 11.5. The van der Waals surface area contributed by atoms with Crippen LogP contribution in [0.2, 0.25) is 0 Å². The third-order valence-corrected chi connectivity index (χ3v) is 4.08. The van der Waals surface area contributed by atoms with Gasteiger partial charge in [-0.2, -0.15) is 0 Å². The number of rotatable bonds is 6. The van der Waals surface area contributed by atoms with Gasteiger partial charge in [-0.1, -0.05) is 0 Å². The second-order valence-corrected chi connectivity index (χ2v) is 5.58. The Labute approximate surface area is 136 Å². The zero-order valence-corrected chi connectivity index (χ0v) is 13.4. The normalized spacial score (nSPS) is 16.6. The number of phenols is 1. The molecule has 1 heterocycles. The van der Waals surface area contributed by atoms with Gasteiger partial charge in [0.05, 0.1) is 25.3 Å². The number of aliphatic imine (C=N–C) groups is 2. The van der Waals surface area contributed by atoms with Crippen LogP contribution in [0.15, 0.2) is 28.2 Å². The standard InChI is InChI=1S/C17H23N3O3/c1-18-16-4-3-15(21)11-14(16)12-19-7-10-20-8-5-13(6-9-20)17(22)23-2/h3-4,11-13,21H,1,5-10H2,2H3/b19-12-. The molecule has 1 aliphatic rings. The maximum Gasteiger partial charge on any atom is 0.308 e. The first-order valence-corrected chi connectivity index (χ1v) is 7.73. The van der Waals surface area contributed by atoms with Crippen LogP contribution in [0.25, 0.3) is 0 Å². The number of likely N-dealkylation sites (tertiary alicyclic amines) is 1. The lowest BCUT2D eigenvalue weighted by atomic mass is 9.97. The minimum atomic E-state index is -0.101. The summed E-state index contributed by atoms with van der Waals surface area (Å²) in [5.41, 5.74) is 1.45. The van der Waals surface area contributed by atoms with Crippen molar-refractivity contribution in [2.45, 2.75) is 12.8 Å². The van der Waals surface area contributed by atoms with Crippen molar-refractivity contribution in [2.75, 3.05) is 33.3 Å². The second kappa shape index (κ2) is 8.43. The fraction of sp³-hybridized carbons (Fsp3) is 0.471. The minimum Gasteiger partial charge on any atom is -0.508 e. The maximum absolute atomic E-state index is 11.5. The second-order valence-electron chi connectivity index (χ2n) is 5.58. The number of phenolic OH excluding ortho intramolecular Hbond substituents is 1. The summed E-state index contributed by atoms with van der Waals surface area (Å²) in [5.74, 6) is 0.119. The number of hydrogen-bond acceptors (Lipinski definition) is 6. The van der Waals surface area contributed by atoms with Crippen molar-refractivity contribution >= 4 is 24.6 Å². The number of carbonyl (C=O) groups excluding carboxylic acids is 1. The zero-order valence-electron chi connectivity index (χ0n) is 13.4. The SMILES string of the molecule is C=Nc1ccc(O)cc1/C=N\CCN1CCC(C(=O)OC)CC1. The largest absolute Gasteiger partial charge is 0.508 e. The molecule has 1 aliphatic heterocycles. The van der Waals surface area contributed by atoms with E-state index in [4.69, 9.17) is 4.74 Å². The highest BCUT2D eigenvalue weighted by atomic mass is 16.5. The number of piperidine rings is 1. The summed E-state index contributed by atoms with van der Waals surface area (Å²) in [6.07, 6.45) is 3.39. The molecule has 1 N–H and O–H groups in total. The summed E-state index contributed by atoms with van der Waals surface area (Å²) < 4.78 is 4.79. The van der Waals surface area contributed by atoms with Gasteiger partial charge in [0.15, 0.2) is 0 Å². The molecule has 0 aliphatic carbocycles. The lowest BCUT2D eigenvalue weighted by Crippen LogP contribution is -2.38. The molecule has 0 bridgehead atoms. The summed E-state index contributed by atoms with van der Waals surface area (Å²) in [7, 11) is 1.44. The van der Waals surface area contributed by atoms with Gasteiger partial charge >= 0.3 is 5.97 Å². The van der Waals surface area contributed by atoms with Crippen molar-refractivity contribution in [1.82, 2.24) is 4.90 Å². The van der Waals surface area contributed by atoms with Crippen molar-refractivity contribution < 1.29 is 14.6 Å². The molecule has 2 rings (SSSR count). The molecule has 0 unspecified atom stereocenters. The highest BCUT2D eigenvalue weighted by molar-refractivity contribution is 5.87. The number of methoxy groups -OCH3 is 1. The summed E-state index contributed by atoms with van der Waals surface area (Å²) in [5, 5.41) is 9.51. The number of ether oxygens (including phenoxy) is 1. The third-order valence-electron chi connectivity index (χ3n) is 4.08. The molecule has 0 saturated carbocycles. The van der Waals surface area contributed by atoms with Crippen molar-refractivity contribution in [3.63, 3.8) is 0 Å². The van der Waals surface area contributed by atoms with E-state index in [0.29, 0.717) is 12.2 Å². The summed E-state index contributed by atoms with van der Waals surface area (Å²) in [6.45, 7) is 6.80. The number of hydrogen-bond donors (Lipinski definition) is 1. The Morgan fingerprint density at radius 1 is 1.48 bits per heavy atom.